The molecule has 0 saturated heterocycles. The summed E-state index contributed by atoms with van der Waals surface area (Å²) in [7, 11) is 1.64. The van der Waals surface area contributed by atoms with Crippen molar-refractivity contribution in [3.05, 3.63) is 95.0 Å². The minimum Gasteiger partial charge on any atom is -0.497 e. The zero-order valence-electron chi connectivity index (χ0n) is 19.0. The number of para-hydroxylation sites is 1. The molecular formula is C26H24ClN5O3. The van der Waals surface area contributed by atoms with Crippen molar-refractivity contribution in [1.82, 2.24) is 14.8 Å². The van der Waals surface area contributed by atoms with Gasteiger partial charge in [0.1, 0.15) is 11.5 Å². The van der Waals surface area contributed by atoms with Crippen LogP contribution in [0.15, 0.2) is 78.9 Å². The van der Waals surface area contributed by atoms with Gasteiger partial charge in [0, 0.05) is 5.02 Å². The Hall–Kier alpha value is -4.04. The molecule has 3 aromatic carbocycles. The molecule has 0 radical (unpaired) electrons. The van der Waals surface area contributed by atoms with E-state index in [4.69, 9.17) is 21.1 Å². The maximum Gasteiger partial charge on any atom is 0.264 e. The molecular weight excluding hydrogens is 466 g/mol. The van der Waals surface area contributed by atoms with Crippen molar-refractivity contribution >= 4 is 29.4 Å². The van der Waals surface area contributed by atoms with Gasteiger partial charge in [0.05, 0.1) is 19.2 Å². The van der Waals surface area contributed by atoms with Gasteiger partial charge >= 0.3 is 0 Å². The number of rotatable bonds is 7. The van der Waals surface area contributed by atoms with Gasteiger partial charge in [0.25, 0.3) is 11.9 Å². The van der Waals surface area contributed by atoms with E-state index in [0.29, 0.717) is 16.7 Å². The standard InChI is InChI=1S/C26H24ClN5O3/c1-34-20-13-9-18(10-14-20)23-15-22(17-7-11-19(27)12-8-17)28-26-30-25(31-32(23)26)29-24(33)16-35-21-5-3-2-4-6-21/h2-14,22-23H,15-16H2,1H3,(H2,28,29,30,31,33)/t22-,23+/m0/s1. The van der Waals surface area contributed by atoms with Crippen LogP contribution in [0, 0.1) is 0 Å². The summed E-state index contributed by atoms with van der Waals surface area (Å²) in [5, 5.41) is 11.5. The molecule has 8 nitrogen and oxygen atoms in total. The van der Waals surface area contributed by atoms with Crippen LogP contribution in [0.25, 0.3) is 0 Å². The predicted octanol–water partition coefficient (Wildman–Crippen LogP) is 5.10. The van der Waals surface area contributed by atoms with Crippen molar-refractivity contribution in [2.24, 2.45) is 0 Å². The number of ether oxygens (including phenoxy) is 2. The second-order valence-electron chi connectivity index (χ2n) is 8.13. The number of methoxy groups -OCH3 is 1. The average molecular weight is 490 g/mol. The monoisotopic (exact) mass is 489 g/mol. The molecule has 0 aliphatic carbocycles. The van der Waals surface area contributed by atoms with Crippen LogP contribution < -0.4 is 20.1 Å². The predicted molar refractivity (Wildman–Crippen MR) is 134 cm³/mol. The maximum absolute atomic E-state index is 12.5. The summed E-state index contributed by atoms with van der Waals surface area (Å²) in [5.41, 5.74) is 2.15. The van der Waals surface area contributed by atoms with E-state index in [1.807, 2.05) is 71.4 Å². The molecule has 2 atom stereocenters. The Labute approximate surface area is 207 Å². The average Bonchev–Trinajstić information content (AvgIpc) is 3.30. The van der Waals surface area contributed by atoms with E-state index in [1.165, 1.54) is 0 Å². The van der Waals surface area contributed by atoms with Gasteiger partial charge in [-0.3, -0.25) is 10.1 Å². The Morgan fingerprint density at radius 2 is 1.74 bits per heavy atom. The SMILES string of the molecule is COc1ccc([C@H]2C[C@@H](c3ccc(Cl)cc3)Nc3nc(NC(=O)COc4ccccc4)nn32)cc1. The van der Waals surface area contributed by atoms with Gasteiger partial charge < -0.3 is 14.8 Å². The highest BCUT2D eigenvalue weighted by Crippen LogP contribution is 2.38. The molecule has 5 rings (SSSR count). The van der Waals surface area contributed by atoms with Gasteiger partial charge in [0.2, 0.25) is 5.95 Å². The highest BCUT2D eigenvalue weighted by atomic mass is 35.5. The Balaban J connectivity index is 1.38. The molecule has 0 saturated carbocycles. The van der Waals surface area contributed by atoms with E-state index < -0.39 is 0 Å². The van der Waals surface area contributed by atoms with Gasteiger partial charge in [-0.2, -0.15) is 4.98 Å². The van der Waals surface area contributed by atoms with Gasteiger partial charge in [-0.15, -0.1) is 5.10 Å². The number of nitrogens with one attached hydrogen (secondary N) is 2. The molecule has 1 aliphatic rings. The number of benzene rings is 3. The van der Waals surface area contributed by atoms with Crippen LogP contribution in [0.1, 0.15) is 29.6 Å². The number of hydrogen-bond donors (Lipinski definition) is 2. The van der Waals surface area contributed by atoms with E-state index in [-0.39, 0.29) is 30.5 Å². The second-order valence-corrected chi connectivity index (χ2v) is 8.56. The number of halogens is 1. The van der Waals surface area contributed by atoms with E-state index in [2.05, 4.69) is 20.7 Å². The van der Waals surface area contributed by atoms with Crippen LogP contribution in [0.3, 0.4) is 0 Å². The molecule has 9 heteroatoms. The van der Waals surface area contributed by atoms with Crippen LogP contribution in [0.5, 0.6) is 11.5 Å². The first-order chi connectivity index (χ1) is 17.1. The fourth-order valence-electron chi connectivity index (χ4n) is 4.07. The van der Waals surface area contributed by atoms with E-state index >= 15 is 0 Å². The molecule has 2 N–H and O–H groups in total. The molecule has 0 fully saturated rings. The van der Waals surface area contributed by atoms with Crippen molar-refractivity contribution in [1.29, 1.82) is 0 Å². The first-order valence-corrected chi connectivity index (χ1v) is 11.6. The first kappa shape index (κ1) is 22.7. The lowest BCUT2D eigenvalue weighted by atomic mass is 9.93. The van der Waals surface area contributed by atoms with E-state index in [9.17, 15) is 4.79 Å². The highest BCUT2D eigenvalue weighted by molar-refractivity contribution is 6.30. The summed E-state index contributed by atoms with van der Waals surface area (Å²) in [5.74, 6) is 1.83. The number of carbonyl (C=O) groups is 1. The molecule has 4 aromatic rings. The molecule has 0 bridgehead atoms. The number of anilines is 2. The van der Waals surface area contributed by atoms with Crippen molar-refractivity contribution in [2.75, 3.05) is 24.4 Å². The molecule has 1 aromatic heterocycles. The Morgan fingerprint density at radius 1 is 1.03 bits per heavy atom. The van der Waals surface area contributed by atoms with Crippen LogP contribution in [-0.4, -0.2) is 34.4 Å². The summed E-state index contributed by atoms with van der Waals surface area (Å²) in [6, 6.07) is 24.7. The number of fused-ring (bicyclic) bond motifs is 1. The zero-order chi connectivity index (χ0) is 24.2. The molecule has 2 heterocycles. The Bertz CT molecular complexity index is 1290. The summed E-state index contributed by atoms with van der Waals surface area (Å²) in [6.07, 6.45) is 0.731. The van der Waals surface area contributed by atoms with Crippen molar-refractivity contribution in [3.63, 3.8) is 0 Å². The molecule has 1 aliphatic heterocycles. The molecule has 0 unspecified atom stereocenters. The first-order valence-electron chi connectivity index (χ1n) is 11.2. The zero-order valence-corrected chi connectivity index (χ0v) is 19.8. The molecule has 35 heavy (non-hydrogen) atoms. The topological polar surface area (TPSA) is 90.3 Å². The summed E-state index contributed by atoms with van der Waals surface area (Å²) in [4.78, 5) is 17.0. The normalized spacial score (nSPS) is 16.6. The lowest BCUT2D eigenvalue weighted by Gasteiger charge is -2.31. The van der Waals surface area contributed by atoms with E-state index in [0.717, 1.165) is 23.3 Å². The lowest BCUT2D eigenvalue weighted by molar-refractivity contribution is -0.118. The van der Waals surface area contributed by atoms with Crippen molar-refractivity contribution in [2.45, 2.75) is 18.5 Å². The molecule has 178 valence electrons. The minimum atomic E-state index is -0.341. The van der Waals surface area contributed by atoms with Crippen LogP contribution in [0.2, 0.25) is 5.02 Å². The van der Waals surface area contributed by atoms with Gasteiger partial charge in [-0.1, -0.05) is 54.1 Å². The fraction of sp³-hybridized carbons (Fsp3) is 0.192. The van der Waals surface area contributed by atoms with Gasteiger partial charge in [-0.25, -0.2) is 4.68 Å². The van der Waals surface area contributed by atoms with Crippen molar-refractivity contribution in [3.8, 4) is 11.5 Å². The fourth-order valence-corrected chi connectivity index (χ4v) is 4.20. The third-order valence-electron chi connectivity index (χ3n) is 5.83. The van der Waals surface area contributed by atoms with Crippen LogP contribution in [-0.2, 0) is 4.79 Å². The highest BCUT2D eigenvalue weighted by Gasteiger charge is 2.31. The Kier molecular flexibility index (Phi) is 6.54. The third kappa shape index (κ3) is 5.22. The van der Waals surface area contributed by atoms with E-state index in [1.54, 1.807) is 19.2 Å². The molecule has 1 amide bonds. The number of nitrogens with zero attached hydrogens (tertiary/aromatic N) is 3. The van der Waals surface area contributed by atoms with Crippen LogP contribution >= 0.6 is 11.6 Å². The lowest BCUT2D eigenvalue weighted by Crippen LogP contribution is -2.28. The Morgan fingerprint density at radius 3 is 2.46 bits per heavy atom. The second kappa shape index (κ2) is 10.1. The van der Waals surface area contributed by atoms with Gasteiger partial charge in [0.15, 0.2) is 6.61 Å². The number of amides is 1. The summed E-state index contributed by atoms with van der Waals surface area (Å²) < 4.78 is 12.6. The van der Waals surface area contributed by atoms with Crippen LogP contribution in [0.4, 0.5) is 11.9 Å². The summed E-state index contributed by atoms with van der Waals surface area (Å²) >= 11 is 6.09. The number of hydrogen-bond acceptors (Lipinski definition) is 6. The van der Waals surface area contributed by atoms with Crippen molar-refractivity contribution < 1.29 is 14.3 Å². The van der Waals surface area contributed by atoms with Gasteiger partial charge in [-0.05, 0) is 53.9 Å². The smallest absolute Gasteiger partial charge is 0.264 e. The third-order valence-corrected chi connectivity index (χ3v) is 6.08. The minimum absolute atomic E-state index is 0.0129. The summed E-state index contributed by atoms with van der Waals surface area (Å²) in [6.45, 7) is -0.142. The molecule has 0 spiro atoms. The largest absolute Gasteiger partial charge is 0.497 e. The number of carbonyl (C=O) groups excluding carboxylic acids is 1. The quantitative estimate of drug-likeness (QED) is 0.375. The maximum atomic E-state index is 12.5. The number of aromatic nitrogens is 3.